The van der Waals surface area contributed by atoms with Gasteiger partial charge in [-0.2, -0.15) is 5.10 Å². The van der Waals surface area contributed by atoms with Crippen molar-refractivity contribution in [3.8, 4) is 0 Å². The molecule has 3 atom stereocenters. The van der Waals surface area contributed by atoms with E-state index in [1.807, 2.05) is 13.0 Å². The molecule has 3 heterocycles. The van der Waals surface area contributed by atoms with Crippen molar-refractivity contribution in [1.29, 1.82) is 0 Å². The summed E-state index contributed by atoms with van der Waals surface area (Å²) in [5.41, 5.74) is 1.67. The van der Waals surface area contributed by atoms with E-state index in [0.29, 0.717) is 16.7 Å². The number of halogens is 3. The number of piperazine rings is 1. The average Bonchev–Trinajstić information content (AvgIpc) is 3.28. The number of H-pyrrole nitrogens is 1. The Kier molecular flexibility index (Phi) is 6.81. The number of rotatable bonds is 3. The molecule has 3 N–H and O–H groups in total. The number of aromatic amines is 1. The van der Waals surface area contributed by atoms with Crippen LogP contribution in [0, 0.1) is 11.7 Å². The number of benzene rings is 1. The molecule has 1 aromatic heterocycles. The second-order valence-electron chi connectivity index (χ2n) is 8.49. The van der Waals surface area contributed by atoms with Gasteiger partial charge in [-0.3, -0.25) is 24.9 Å². The van der Waals surface area contributed by atoms with E-state index >= 15 is 0 Å². The van der Waals surface area contributed by atoms with Gasteiger partial charge in [0.15, 0.2) is 0 Å². The molecule has 1 aromatic carbocycles. The summed E-state index contributed by atoms with van der Waals surface area (Å²) in [6, 6.07) is 4.56. The van der Waals surface area contributed by atoms with Gasteiger partial charge in [-0.15, -0.1) is 24.8 Å². The highest BCUT2D eigenvalue weighted by atomic mass is 35.5. The maximum absolute atomic E-state index is 13.7. The van der Waals surface area contributed by atoms with E-state index < -0.39 is 5.41 Å². The third-order valence-corrected chi connectivity index (χ3v) is 6.80. The largest absolute Gasteiger partial charge is 0.314 e. The number of aromatic nitrogens is 2. The van der Waals surface area contributed by atoms with Gasteiger partial charge in [-0.05, 0) is 32.0 Å². The lowest BCUT2D eigenvalue weighted by Gasteiger charge is -2.45. The third kappa shape index (κ3) is 3.65. The standard InChI is InChI=1S/C22H24FN5O2.2ClH/c1-12(28-9-7-24-8-10-28)18-17-15(20(29)25-21(17)30)5-6-22(18,2)19-14-4-3-13(23)11-16(14)26-27-19;;/h3-6,11-12,18,24H,7-10H2,1-2H3,(H,26,27)(H,25,29,30);2*1H. The topological polar surface area (TPSA) is 90.1 Å². The van der Waals surface area contributed by atoms with Gasteiger partial charge in [0, 0.05) is 60.1 Å². The molecule has 0 saturated carbocycles. The number of nitrogens with one attached hydrogen (secondary N) is 3. The summed E-state index contributed by atoms with van der Waals surface area (Å²) in [5.74, 6) is -1.29. The van der Waals surface area contributed by atoms with Crippen LogP contribution in [0.1, 0.15) is 19.5 Å². The molecule has 3 unspecified atom stereocenters. The Bertz CT molecular complexity index is 1120. The highest BCUT2D eigenvalue weighted by Crippen LogP contribution is 2.47. The summed E-state index contributed by atoms with van der Waals surface area (Å²) in [6.45, 7) is 7.65. The van der Waals surface area contributed by atoms with Crippen LogP contribution in [0.3, 0.4) is 0 Å². The number of nitrogens with zero attached hydrogens (tertiary/aromatic N) is 2. The molecule has 1 aliphatic carbocycles. The number of fused-ring (bicyclic) bond motifs is 1. The molecular weight excluding hydrogens is 456 g/mol. The summed E-state index contributed by atoms with van der Waals surface area (Å²) in [6.07, 6.45) is 3.72. The van der Waals surface area contributed by atoms with Gasteiger partial charge in [0.25, 0.3) is 11.8 Å². The lowest BCUT2D eigenvalue weighted by molar-refractivity contribution is -0.124. The molecule has 0 radical (unpaired) electrons. The van der Waals surface area contributed by atoms with Crippen LogP contribution in [0.4, 0.5) is 4.39 Å². The highest BCUT2D eigenvalue weighted by molar-refractivity contribution is 6.21. The highest BCUT2D eigenvalue weighted by Gasteiger charge is 2.51. The fraction of sp³-hybridized carbons (Fsp3) is 0.409. The van der Waals surface area contributed by atoms with Crippen molar-refractivity contribution in [1.82, 2.24) is 25.7 Å². The number of imide groups is 1. The van der Waals surface area contributed by atoms with Gasteiger partial charge in [-0.1, -0.05) is 12.2 Å². The Morgan fingerprint density at radius 2 is 1.91 bits per heavy atom. The third-order valence-electron chi connectivity index (χ3n) is 6.80. The maximum atomic E-state index is 13.7. The molecule has 0 bridgehead atoms. The fourth-order valence-electron chi connectivity index (χ4n) is 5.29. The Morgan fingerprint density at radius 3 is 2.62 bits per heavy atom. The minimum absolute atomic E-state index is 0. The van der Waals surface area contributed by atoms with E-state index in [4.69, 9.17) is 0 Å². The maximum Gasteiger partial charge on any atom is 0.258 e. The van der Waals surface area contributed by atoms with E-state index in [1.165, 1.54) is 12.1 Å². The molecule has 2 aliphatic heterocycles. The Hall–Kier alpha value is -2.26. The molecular formula is C22H26Cl2FN5O2. The molecule has 5 rings (SSSR count). The quantitative estimate of drug-likeness (QED) is 0.584. The molecule has 172 valence electrons. The second-order valence-corrected chi connectivity index (χ2v) is 8.49. The van der Waals surface area contributed by atoms with Crippen LogP contribution in [0.15, 0.2) is 41.5 Å². The Morgan fingerprint density at radius 1 is 1.19 bits per heavy atom. The summed E-state index contributed by atoms with van der Waals surface area (Å²) >= 11 is 0. The van der Waals surface area contributed by atoms with Crippen molar-refractivity contribution in [2.45, 2.75) is 25.3 Å². The SMILES string of the molecule is CC(C1C2=C(C=CC1(C)c1n[nH]c3cc(F)ccc13)C(=O)NC2=O)N1CCNCC1.Cl.Cl. The normalized spacial score (nSPS) is 26.4. The van der Waals surface area contributed by atoms with Crippen molar-refractivity contribution in [2.75, 3.05) is 26.2 Å². The monoisotopic (exact) mass is 481 g/mol. The van der Waals surface area contributed by atoms with Crippen LogP contribution in [-0.4, -0.2) is 59.1 Å². The van der Waals surface area contributed by atoms with Crippen molar-refractivity contribution >= 4 is 47.5 Å². The first-order chi connectivity index (χ1) is 14.4. The smallest absolute Gasteiger partial charge is 0.258 e. The lowest BCUT2D eigenvalue weighted by Crippen LogP contribution is -2.54. The first-order valence-corrected chi connectivity index (χ1v) is 10.3. The van der Waals surface area contributed by atoms with Gasteiger partial charge >= 0.3 is 0 Å². The fourth-order valence-corrected chi connectivity index (χ4v) is 5.29. The van der Waals surface area contributed by atoms with E-state index in [9.17, 15) is 14.0 Å². The summed E-state index contributed by atoms with van der Waals surface area (Å²) in [4.78, 5) is 27.6. The van der Waals surface area contributed by atoms with Gasteiger partial charge in [0.1, 0.15) is 5.82 Å². The van der Waals surface area contributed by atoms with Gasteiger partial charge in [-0.25, -0.2) is 4.39 Å². The zero-order valence-corrected chi connectivity index (χ0v) is 19.4. The predicted molar refractivity (Wildman–Crippen MR) is 125 cm³/mol. The second kappa shape index (κ2) is 8.94. The Labute approximate surface area is 197 Å². The van der Waals surface area contributed by atoms with Crippen LogP contribution in [0.25, 0.3) is 10.9 Å². The van der Waals surface area contributed by atoms with Crippen molar-refractivity contribution < 1.29 is 14.0 Å². The average molecular weight is 482 g/mol. The van der Waals surface area contributed by atoms with Crippen molar-refractivity contribution in [3.05, 3.63) is 53.0 Å². The number of carbonyl (C=O) groups is 2. The molecule has 0 spiro atoms. The first kappa shape index (κ1) is 24.4. The van der Waals surface area contributed by atoms with Crippen LogP contribution >= 0.6 is 24.8 Å². The van der Waals surface area contributed by atoms with E-state index in [1.54, 1.807) is 12.1 Å². The predicted octanol–water partition coefficient (Wildman–Crippen LogP) is 2.24. The van der Waals surface area contributed by atoms with Crippen LogP contribution in [-0.2, 0) is 15.0 Å². The number of amides is 2. The van der Waals surface area contributed by atoms with Gasteiger partial charge in [0.2, 0.25) is 0 Å². The van der Waals surface area contributed by atoms with E-state index in [0.717, 1.165) is 37.3 Å². The van der Waals surface area contributed by atoms with Crippen molar-refractivity contribution in [2.24, 2.45) is 5.92 Å². The number of hydrogen-bond acceptors (Lipinski definition) is 5. The van der Waals surface area contributed by atoms with Gasteiger partial charge < -0.3 is 5.32 Å². The summed E-state index contributed by atoms with van der Waals surface area (Å²) < 4.78 is 13.7. The molecule has 32 heavy (non-hydrogen) atoms. The number of carbonyl (C=O) groups excluding carboxylic acids is 2. The molecule has 2 amide bonds. The van der Waals surface area contributed by atoms with Crippen molar-refractivity contribution in [3.63, 3.8) is 0 Å². The molecule has 2 aromatic rings. The zero-order valence-electron chi connectivity index (χ0n) is 17.8. The van der Waals surface area contributed by atoms with Crippen LogP contribution in [0.2, 0.25) is 0 Å². The minimum atomic E-state index is -0.652. The zero-order chi connectivity index (χ0) is 21.0. The number of hydrogen-bond donors (Lipinski definition) is 3. The molecule has 3 aliphatic rings. The molecule has 7 nitrogen and oxygen atoms in total. The Balaban J connectivity index is 0.00000144. The minimum Gasteiger partial charge on any atom is -0.314 e. The van der Waals surface area contributed by atoms with Gasteiger partial charge in [0.05, 0.1) is 11.2 Å². The molecule has 1 saturated heterocycles. The summed E-state index contributed by atoms with van der Waals surface area (Å²) in [5, 5.41) is 14.1. The molecule has 10 heteroatoms. The molecule has 1 fully saturated rings. The first-order valence-electron chi connectivity index (χ1n) is 10.3. The summed E-state index contributed by atoms with van der Waals surface area (Å²) in [7, 11) is 0. The van der Waals surface area contributed by atoms with Crippen LogP contribution in [0.5, 0.6) is 0 Å². The van der Waals surface area contributed by atoms with Crippen LogP contribution < -0.4 is 10.6 Å². The lowest BCUT2D eigenvalue weighted by atomic mass is 9.63. The van der Waals surface area contributed by atoms with E-state index in [2.05, 4.69) is 32.7 Å². The van der Waals surface area contributed by atoms with E-state index in [-0.39, 0.29) is 54.4 Å². The number of allylic oxidation sites excluding steroid dienone is 1.